The van der Waals surface area contributed by atoms with Crippen LogP contribution in [0.2, 0.25) is 0 Å². The van der Waals surface area contributed by atoms with Gasteiger partial charge in [0.05, 0.1) is 32.5 Å². The summed E-state index contributed by atoms with van der Waals surface area (Å²) in [6.45, 7) is 7.55. The second-order valence-corrected chi connectivity index (χ2v) is 10.7. The van der Waals surface area contributed by atoms with Crippen molar-refractivity contribution in [3.05, 3.63) is 0 Å². The monoisotopic (exact) mass is 459 g/mol. The minimum Gasteiger partial charge on any atom is -0.331 e. The summed E-state index contributed by atoms with van der Waals surface area (Å²) in [6.07, 6.45) is 2.25. The Kier molecular flexibility index (Phi) is 15.3. The summed E-state index contributed by atoms with van der Waals surface area (Å²) in [5, 5.41) is 8.58. The molecule has 0 fully saturated rings. The molecule has 10 nitrogen and oxygen atoms in total. The Morgan fingerprint density at radius 1 is 0.828 bits per heavy atom. The van der Waals surface area contributed by atoms with Crippen LogP contribution < -0.4 is 16.0 Å². The van der Waals surface area contributed by atoms with E-state index in [-0.39, 0.29) is 26.4 Å². The lowest BCUT2D eigenvalue weighted by molar-refractivity contribution is -0.123. The van der Waals surface area contributed by atoms with E-state index in [4.69, 9.17) is 18.1 Å². The van der Waals surface area contributed by atoms with Crippen molar-refractivity contribution in [1.82, 2.24) is 16.0 Å². The van der Waals surface area contributed by atoms with Crippen molar-refractivity contribution in [2.75, 3.05) is 47.1 Å². The molecule has 0 aliphatic carbocycles. The van der Waals surface area contributed by atoms with Gasteiger partial charge < -0.3 is 34.0 Å². The molecule has 29 heavy (non-hydrogen) atoms. The van der Waals surface area contributed by atoms with Gasteiger partial charge in [0.15, 0.2) is 0 Å². The fourth-order valence-corrected chi connectivity index (χ4v) is 7.60. The number of amides is 1. The van der Waals surface area contributed by atoms with Gasteiger partial charge in [-0.15, -0.1) is 0 Å². The van der Waals surface area contributed by atoms with Gasteiger partial charge in [0.25, 0.3) is 0 Å². The Morgan fingerprint density at radius 3 is 1.62 bits per heavy atom. The fourth-order valence-electron chi connectivity index (χ4n) is 2.69. The lowest BCUT2D eigenvalue weighted by Crippen LogP contribution is -2.47. The van der Waals surface area contributed by atoms with Gasteiger partial charge in [0.2, 0.25) is 11.4 Å². The Hall–Kier alpha value is -0.310. The lowest BCUT2D eigenvalue weighted by atomic mass is 10.1. The molecule has 0 aromatic heterocycles. The standard InChI is InChI=1S/C17H39N3O7P2/c1-7-24-28(22,25-8-2)17(29(23,26-9-3)27-10-4)20-16(21)15(19-6)13-11-12-14-18-5/h15,17-19H,7-14H2,1-6H3,(H,20,21)/t15-/m1/s1. The van der Waals surface area contributed by atoms with Crippen LogP contribution in [0.3, 0.4) is 0 Å². The van der Waals surface area contributed by atoms with E-state index in [0.29, 0.717) is 6.42 Å². The zero-order valence-corrected chi connectivity index (χ0v) is 20.4. The van der Waals surface area contributed by atoms with E-state index in [1.54, 1.807) is 34.7 Å². The van der Waals surface area contributed by atoms with Crippen LogP contribution in [-0.4, -0.2) is 64.5 Å². The van der Waals surface area contributed by atoms with Crippen molar-refractivity contribution < 1.29 is 32.0 Å². The average Bonchev–Trinajstić information content (AvgIpc) is 2.66. The molecule has 0 rings (SSSR count). The molecule has 0 saturated carbocycles. The predicted octanol–water partition coefficient (Wildman–Crippen LogP) is 2.90. The van der Waals surface area contributed by atoms with Crippen molar-refractivity contribution in [3.8, 4) is 0 Å². The molecule has 3 N–H and O–H groups in total. The molecule has 1 amide bonds. The highest BCUT2D eigenvalue weighted by Crippen LogP contribution is 2.69. The molecule has 12 heteroatoms. The topological polar surface area (TPSA) is 124 Å². The van der Waals surface area contributed by atoms with E-state index in [1.165, 1.54) is 0 Å². The Labute approximate surface area is 175 Å². The molecule has 0 heterocycles. The maximum Gasteiger partial charge on any atom is 0.365 e. The van der Waals surface area contributed by atoms with Crippen LogP contribution in [0.25, 0.3) is 0 Å². The number of likely N-dealkylation sites (N-methyl/N-ethyl adjacent to an activating group) is 1. The summed E-state index contributed by atoms with van der Waals surface area (Å²) in [4.78, 5) is 12.9. The Morgan fingerprint density at radius 2 is 1.28 bits per heavy atom. The van der Waals surface area contributed by atoms with Gasteiger partial charge in [-0.05, 0) is 61.2 Å². The highest BCUT2D eigenvalue weighted by Gasteiger charge is 2.52. The fraction of sp³-hybridized carbons (Fsp3) is 0.941. The van der Waals surface area contributed by atoms with Gasteiger partial charge in [-0.25, -0.2) is 0 Å². The highest BCUT2D eigenvalue weighted by molar-refractivity contribution is 7.72. The summed E-state index contributed by atoms with van der Waals surface area (Å²) >= 11 is 0. The number of unbranched alkanes of at least 4 members (excludes halogenated alkanes) is 1. The van der Waals surface area contributed by atoms with Gasteiger partial charge in [-0.1, -0.05) is 6.42 Å². The summed E-state index contributed by atoms with van der Waals surface area (Å²) in [7, 11) is -4.54. The van der Waals surface area contributed by atoms with Gasteiger partial charge in [0, 0.05) is 0 Å². The molecule has 0 aromatic rings. The SMILES string of the molecule is CCOP(=O)(OCC)C(NC(=O)[C@@H](CCCCNC)NC)P(=O)(OCC)OCC. The molecule has 0 aliphatic heterocycles. The zero-order valence-electron chi connectivity index (χ0n) is 18.6. The number of nitrogens with one attached hydrogen (secondary N) is 3. The third kappa shape index (κ3) is 9.57. The Bertz CT molecular complexity index is 501. The van der Waals surface area contributed by atoms with Gasteiger partial charge in [-0.3, -0.25) is 13.9 Å². The van der Waals surface area contributed by atoms with E-state index >= 15 is 0 Å². The molecular weight excluding hydrogens is 420 g/mol. The number of hydrogen-bond donors (Lipinski definition) is 3. The largest absolute Gasteiger partial charge is 0.365 e. The van der Waals surface area contributed by atoms with Crippen molar-refractivity contribution in [3.63, 3.8) is 0 Å². The van der Waals surface area contributed by atoms with Crippen LogP contribution in [0, 0.1) is 0 Å². The van der Waals surface area contributed by atoms with Crippen LogP contribution >= 0.6 is 15.2 Å². The molecule has 0 radical (unpaired) electrons. The molecule has 0 unspecified atom stereocenters. The van der Waals surface area contributed by atoms with E-state index in [2.05, 4.69) is 16.0 Å². The minimum absolute atomic E-state index is 0.0430. The van der Waals surface area contributed by atoms with E-state index < -0.39 is 32.7 Å². The normalized spacial score (nSPS) is 13.6. The summed E-state index contributed by atoms with van der Waals surface area (Å²) in [5.41, 5.74) is -1.56. The van der Waals surface area contributed by atoms with Crippen LogP contribution in [-0.2, 0) is 32.0 Å². The summed E-state index contributed by atoms with van der Waals surface area (Å²) in [5.74, 6) is -0.471. The first kappa shape index (κ1) is 28.7. The van der Waals surface area contributed by atoms with Crippen LogP contribution in [0.5, 0.6) is 0 Å². The number of hydrogen-bond acceptors (Lipinski definition) is 9. The third-order valence-corrected chi connectivity index (χ3v) is 9.57. The number of carbonyl (C=O) groups is 1. The number of carbonyl (C=O) groups excluding carboxylic acids is 1. The second-order valence-electron chi connectivity index (χ2n) is 6.07. The first-order valence-electron chi connectivity index (χ1n) is 10.2. The highest BCUT2D eigenvalue weighted by atomic mass is 31.2. The van der Waals surface area contributed by atoms with E-state index in [9.17, 15) is 13.9 Å². The van der Waals surface area contributed by atoms with Gasteiger partial charge in [0.1, 0.15) is 0 Å². The summed E-state index contributed by atoms with van der Waals surface area (Å²) in [6, 6.07) is -0.567. The van der Waals surface area contributed by atoms with Gasteiger partial charge >= 0.3 is 15.2 Å². The Balaban J connectivity index is 5.75. The second kappa shape index (κ2) is 15.5. The number of rotatable bonds is 18. The molecule has 0 aliphatic rings. The lowest BCUT2D eigenvalue weighted by Gasteiger charge is -2.32. The van der Waals surface area contributed by atoms with Crippen LogP contribution in [0.1, 0.15) is 47.0 Å². The molecule has 1 atom stereocenters. The van der Waals surface area contributed by atoms with Gasteiger partial charge in [-0.2, -0.15) is 0 Å². The van der Waals surface area contributed by atoms with Crippen molar-refractivity contribution in [2.45, 2.75) is 58.5 Å². The van der Waals surface area contributed by atoms with Crippen LogP contribution in [0.4, 0.5) is 0 Å². The van der Waals surface area contributed by atoms with Crippen molar-refractivity contribution in [2.24, 2.45) is 0 Å². The quantitative estimate of drug-likeness (QED) is 0.210. The molecule has 0 spiro atoms. The van der Waals surface area contributed by atoms with E-state index in [0.717, 1.165) is 19.4 Å². The first-order valence-corrected chi connectivity index (χ1v) is 13.4. The van der Waals surface area contributed by atoms with Crippen molar-refractivity contribution in [1.29, 1.82) is 0 Å². The predicted molar refractivity (Wildman–Crippen MR) is 114 cm³/mol. The maximum absolute atomic E-state index is 13.4. The minimum atomic E-state index is -4.03. The zero-order chi connectivity index (χ0) is 22.3. The molecule has 0 saturated heterocycles. The molecule has 0 aromatic carbocycles. The molecule has 0 bridgehead atoms. The van der Waals surface area contributed by atoms with E-state index in [1.807, 2.05) is 7.05 Å². The molecular formula is C17H39N3O7P2. The van der Waals surface area contributed by atoms with Crippen LogP contribution in [0.15, 0.2) is 0 Å². The average molecular weight is 459 g/mol. The van der Waals surface area contributed by atoms with Crippen molar-refractivity contribution >= 4 is 21.1 Å². The third-order valence-electron chi connectivity index (χ3n) is 3.94. The first-order chi connectivity index (χ1) is 13.8. The summed E-state index contributed by atoms with van der Waals surface area (Å²) < 4.78 is 48.3. The maximum atomic E-state index is 13.4. The molecule has 174 valence electrons. The smallest absolute Gasteiger partial charge is 0.331 e.